The summed E-state index contributed by atoms with van der Waals surface area (Å²) in [5, 5.41) is 9.71. The lowest BCUT2D eigenvalue weighted by Gasteiger charge is -2.12. The fourth-order valence-corrected chi connectivity index (χ4v) is 3.11. The number of hydrogen-bond donors (Lipinski definition) is 4. The monoisotopic (exact) mass is 510 g/mol. The lowest BCUT2D eigenvalue weighted by Crippen LogP contribution is -2.29. The lowest BCUT2D eigenvalue weighted by molar-refractivity contribution is -0.138. The zero-order chi connectivity index (χ0) is 26.3. The molecule has 0 bridgehead atoms. The summed E-state index contributed by atoms with van der Waals surface area (Å²) in [4.78, 5) is 24.1. The van der Waals surface area contributed by atoms with Crippen LogP contribution in [0.25, 0.3) is 0 Å². The highest BCUT2D eigenvalue weighted by Crippen LogP contribution is 2.31. The molecule has 190 valence electrons. The molecule has 0 radical (unpaired) electrons. The number of carbonyl (C=O) groups is 2. The van der Waals surface area contributed by atoms with E-state index in [1.54, 1.807) is 24.3 Å². The van der Waals surface area contributed by atoms with Crippen molar-refractivity contribution in [2.24, 2.45) is 0 Å². The summed E-state index contributed by atoms with van der Waals surface area (Å²) >= 11 is 0. The molecule has 0 saturated heterocycles. The van der Waals surface area contributed by atoms with E-state index >= 15 is 0 Å². The van der Waals surface area contributed by atoms with Crippen molar-refractivity contribution in [1.82, 2.24) is 10.6 Å². The van der Waals surface area contributed by atoms with Crippen molar-refractivity contribution in [3.05, 3.63) is 95.1 Å². The van der Waals surface area contributed by atoms with Gasteiger partial charge < -0.3 is 21.3 Å². The molecule has 0 aliphatic heterocycles. The van der Waals surface area contributed by atoms with E-state index in [-0.39, 0.29) is 24.5 Å². The van der Waals surface area contributed by atoms with Crippen molar-refractivity contribution >= 4 is 23.4 Å². The third-order valence-electron chi connectivity index (χ3n) is 4.79. The Kier molecular flexibility index (Phi) is 8.07. The molecule has 0 aromatic heterocycles. The molecule has 0 fully saturated rings. The molecule has 3 rings (SSSR count). The normalized spacial score (nSPS) is 11.5. The van der Waals surface area contributed by atoms with Gasteiger partial charge in [0.15, 0.2) is 0 Å². The second kappa shape index (κ2) is 11.0. The molecule has 0 heterocycles. The number of alkyl halides is 6. The number of rotatable bonds is 6. The fraction of sp³-hybridized carbons (Fsp3) is 0.167. The van der Waals surface area contributed by atoms with Gasteiger partial charge in [0.05, 0.1) is 11.1 Å². The van der Waals surface area contributed by atoms with E-state index < -0.39 is 35.5 Å². The van der Waals surface area contributed by atoms with E-state index in [4.69, 9.17) is 0 Å². The highest BCUT2D eigenvalue weighted by Gasteiger charge is 2.31. The summed E-state index contributed by atoms with van der Waals surface area (Å²) < 4.78 is 76.8. The first-order valence-corrected chi connectivity index (χ1v) is 10.4. The summed E-state index contributed by atoms with van der Waals surface area (Å²) in [7, 11) is 0. The Balaban J connectivity index is 1.50. The van der Waals surface area contributed by atoms with Crippen LogP contribution in [0.3, 0.4) is 0 Å². The minimum absolute atomic E-state index is 0.0212. The van der Waals surface area contributed by atoms with Crippen molar-refractivity contribution in [2.75, 3.05) is 10.6 Å². The molecule has 0 atom stereocenters. The molecule has 4 N–H and O–H groups in total. The van der Waals surface area contributed by atoms with Crippen molar-refractivity contribution < 1.29 is 35.9 Å². The SMILES string of the molecule is O=C(NCc1cccc(CNC(=O)Nc2cccc(C(F)(F)F)c2)c1)Nc1cccc(C(F)(F)F)c1. The van der Waals surface area contributed by atoms with E-state index in [2.05, 4.69) is 21.3 Å². The molecule has 0 unspecified atom stereocenters. The summed E-state index contributed by atoms with van der Waals surface area (Å²) in [6.07, 6.45) is -9.07. The van der Waals surface area contributed by atoms with Crippen LogP contribution >= 0.6 is 0 Å². The van der Waals surface area contributed by atoms with Crippen LogP contribution < -0.4 is 21.3 Å². The first-order chi connectivity index (χ1) is 16.9. The molecule has 3 aromatic rings. The highest BCUT2D eigenvalue weighted by atomic mass is 19.4. The molecule has 0 aliphatic rings. The third kappa shape index (κ3) is 7.93. The number of nitrogens with one attached hydrogen (secondary N) is 4. The number of anilines is 2. The standard InChI is InChI=1S/C24H20F6N4O2/c25-23(26,27)17-6-2-8-19(11-17)33-21(35)31-13-15-4-1-5-16(10-15)14-32-22(36)34-20-9-3-7-18(12-20)24(28,29)30/h1-12H,13-14H2,(H2,31,33,35)(H2,32,34,36). The van der Waals surface area contributed by atoms with Crippen LogP contribution in [0, 0.1) is 0 Å². The molecular weight excluding hydrogens is 490 g/mol. The van der Waals surface area contributed by atoms with Gasteiger partial charge in [0, 0.05) is 24.5 Å². The Morgan fingerprint density at radius 2 is 0.972 bits per heavy atom. The van der Waals surface area contributed by atoms with Gasteiger partial charge in [-0.2, -0.15) is 26.3 Å². The van der Waals surface area contributed by atoms with Crippen LogP contribution in [0.5, 0.6) is 0 Å². The minimum Gasteiger partial charge on any atom is -0.334 e. The Bertz CT molecular complexity index is 1140. The van der Waals surface area contributed by atoms with Crippen LogP contribution in [0.15, 0.2) is 72.8 Å². The van der Waals surface area contributed by atoms with Gasteiger partial charge in [0.25, 0.3) is 0 Å². The maximum atomic E-state index is 12.8. The molecule has 36 heavy (non-hydrogen) atoms. The average Bonchev–Trinajstić information content (AvgIpc) is 2.81. The van der Waals surface area contributed by atoms with Gasteiger partial charge in [0.1, 0.15) is 0 Å². The number of halogens is 6. The number of hydrogen-bond acceptors (Lipinski definition) is 2. The van der Waals surface area contributed by atoms with E-state index in [9.17, 15) is 35.9 Å². The Labute approximate surface area is 201 Å². The molecule has 6 nitrogen and oxygen atoms in total. The largest absolute Gasteiger partial charge is 0.416 e. The average molecular weight is 510 g/mol. The number of urea groups is 2. The minimum atomic E-state index is -4.54. The van der Waals surface area contributed by atoms with Gasteiger partial charge in [-0.3, -0.25) is 0 Å². The van der Waals surface area contributed by atoms with Crippen LogP contribution in [0.2, 0.25) is 0 Å². The van der Waals surface area contributed by atoms with E-state index in [0.717, 1.165) is 24.3 Å². The Morgan fingerprint density at radius 3 is 1.36 bits per heavy atom. The van der Waals surface area contributed by atoms with Gasteiger partial charge in [-0.25, -0.2) is 9.59 Å². The highest BCUT2D eigenvalue weighted by molar-refractivity contribution is 5.89. The Morgan fingerprint density at radius 1 is 0.583 bits per heavy atom. The second-order valence-corrected chi connectivity index (χ2v) is 7.59. The maximum absolute atomic E-state index is 12.8. The van der Waals surface area contributed by atoms with Crippen molar-refractivity contribution in [2.45, 2.75) is 25.4 Å². The van der Waals surface area contributed by atoms with E-state index in [0.29, 0.717) is 11.1 Å². The first kappa shape index (κ1) is 26.4. The third-order valence-corrected chi connectivity index (χ3v) is 4.79. The van der Waals surface area contributed by atoms with Gasteiger partial charge >= 0.3 is 24.4 Å². The van der Waals surface area contributed by atoms with Crippen LogP contribution in [0.1, 0.15) is 22.3 Å². The molecular formula is C24H20F6N4O2. The molecule has 12 heteroatoms. The van der Waals surface area contributed by atoms with Crippen LogP contribution in [-0.2, 0) is 25.4 Å². The van der Waals surface area contributed by atoms with Gasteiger partial charge in [0.2, 0.25) is 0 Å². The zero-order valence-electron chi connectivity index (χ0n) is 18.4. The molecule has 0 spiro atoms. The molecule has 0 saturated carbocycles. The van der Waals surface area contributed by atoms with Crippen LogP contribution in [-0.4, -0.2) is 12.1 Å². The predicted octanol–water partition coefficient (Wildman–Crippen LogP) is 6.37. The van der Waals surface area contributed by atoms with Gasteiger partial charge in [-0.15, -0.1) is 0 Å². The summed E-state index contributed by atoms with van der Waals surface area (Å²) in [5.74, 6) is 0. The summed E-state index contributed by atoms with van der Waals surface area (Å²) in [5.41, 5.74) is -0.534. The number of benzene rings is 3. The van der Waals surface area contributed by atoms with Crippen molar-refractivity contribution in [3.8, 4) is 0 Å². The van der Waals surface area contributed by atoms with Gasteiger partial charge in [-0.1, -0.05) is 36.4 Å². The first-order valence-electron chi connectivity index (χ1n) is 10.4. The fourth-order valence-electron chi connectivity index (χ4n) is 3.11. The summed E-state index contributed by atoms with van der Waals surface area (Å²) in [6.45, 7) is 0.101. The van der Waals surface area contributed by atoms with E-state index in [1.165, 1.54) is 24.3 Å². The molecule has 3 aromatic carbocycles. The van der Waals surface area contributed by atoms with Crippen LogP contribution in [0.4, 0.5) is 47.3 Å². The van der Waals surface area contributed by atoms with Crippen molar-refractivity contribution in [1.29, 1.82) is 0 Å². The topological polar surface area (TPSA) is 82.3 Å². The lowest BCUT2D eigenvalue weighted by atomic mass is 10.1. The molecule has 4 amide bonds. The van der Waals surface area contributed by atoms with Crippen molar-refractivity contribution in [3.63, 3.8) is 0 Å². The maximum Gasteiger partial charge on any atom is 0.416 e. The second-order valence-electron chi connectivity index (χ2n) is 7.59. The Hall–Kier alpha value is -4.22. The number of carbonyl (C=O) groups excluding carboxylic acids is 2. The quantitative estimate of drug-likeness (QED) is 0.291. The predicted molar refractivity (Wildman–Crippen MR) is 121 cm³/mol. The molecule has 0 aliphatic carbocycles. The van der Waals surface area contributed by atoms with E-state index in [1.807, 2.05) is 0 Å². The smallest absolute Gasteiger partial charge is 0.334 e. The summed E-state index contributed by atoms with van der Waals surface area (Å²) in [6, 6.07) is 13.7. The number of amides is 4. The van der Waals surface area contributed by atoms with Gasteiger partial charge in [-0.05, 0) is 47.5 Å². The zero-order valence-corrected chi connectivity index (χ0v) is 18.4.